The smallest absolute Gasteiger partial charge is 0.332 e. The molecular weight excluding hydrogens is 267 g/mol. The van der Waals surface area contributed by atoms with Crippen molar-refractivity contribution in [1.29, 1.82) is 0 Å². The SMILES string of the molecule is O=C(NCC[C@H](O)C(=O)O)c1c(F)cc(F)cc1F. The first kappa shape index (κ1) is 15.0. The van der Waals surface area contributed by atoms with Crippen LogP contribution in [0.1, 0.15) is 16.8 Å². The van der Waals surface area contributed by atoms with Gasteiger partial charge in [-0.2, -0.15) is 0 Å². The van der Waals surface area contributed by atoms with Crippen LogP contribution in [0, 0.1) is 17.5 Å². The molecule has 0 radical (unpaired) electrons. The van der Waals surface area contributed by atoms with Crippen LogP contribution in [-0.2, 0) is 4.79 Å². The number of benzene rings is 1. The summed E-state index contributed by atoms with van der Waals surface area (Å²) in [6.45, 7) is -0.303. The Labute approximate surface area is 105 Å². The zero-order chi connectivity index (χ0) is 14.6. The van der Waals surface area contributed by atoms with Gasteiger partial charge in [0.05, 0.1) is 0 Å². The van der Waals surface area contributed by atoms with Gasteiger partial charge < -0.3 is 15.5 Å². The van der Waals surface area contributed by atoms with Crippen molar-refractivity contribution >= 4 is 11.9 Å². The van der Waals surface area contributed by atoms with E-state index in [9.17, 15) is 22.8 Å². The first-order chi connectivity index (χ1) is 8.82. The van der Waals surface area contributed by atoms with Gasteiger partial charge in [0.1, 0.15) is 23.0 Å². The van der Waals surface area contributed by atoms with Gasteiger partial charge >= 0.3 is 5.97 Å². The number of nitrogens with one attached hydrogen (secondary N) is 1. The molecule has 0 spiro atoms. The average Bonchev–Trinajstić information content (AvgIpc) is 2.26. The normalized spacial score (nSPS) is 12.0. The van der Waals surface area contributed by atoms with Crippen LogP contribution in [0.2, 0.25) is 0 Å². The molecule has 1 amide bonds. The highest BCUT2D eigenvalue weighted by Crippen LogP contribution is 2.14. The van der Waals surface area contributed by atoms with E-state index in [1.54, 1.807) is 0 Å². The second-order valence-corrected chi connectivity index (χ2v) is 3.64. The number of hydrogen-bond acceptors (Lipinski definition) is 3. The first-order valence-corrected chi connectivity index (χ1v) is 5.16. The Morgan fingerprint density at radius 1 is 1.21 bits per heavy atom. The number of amides is 1. The first-order valence-electron chi connectivity index (χ1n) is 5.16. The van der Waals surface area contributed by atoms with Crippen LogP contribution in [0.3, 0.4) is 0 Å². The molecule has 0 saturated heterocycles. The minimum absolute atomic E-state index is 0.303. The summed E-state index contributed by atoms with van der Waals surface area (Å²) < 4.78 is 39.0. The van der Waals surface area contributed by atoms with Gasteiger partial charge in [-0.25, -0.2) is 18.0 Å². The third-order valence-corrected chi connectivity index (χ3v) is 2.22. The number of aliphatic hydroxyl groups is 1. The molecule has 0 heterocycles. The number of carboxylic acids is 1. The number of rotatable bonds is 5. The number of hydrogen-bond donors (Lipinski definition) is 3. The molecule has 3 N–H and O–H groups in total. The summed E-state index contributed by atoms with van der Waals surface area (Å²) in [6, 6.07) is 0.703. The second kappa shape index (κ2) is 6.19. The Kier molecular flexibility index (Phi) is 4.87. The summed E-state index contributed by atoms with van der Waals surface area (Å²) >= 11 is 0. The molecule has 0 unspecified atom stereocenters. The summed E-state index contributed by atoms with van der Waals surface area (Å²) in [5.41, 5.74) is -0.966. The number of aliphatic carboxylic acids is 1. The van der Waals surface area contributed by atoms with E-state index in [0.717, 1.165) is 0 Å². The van der Waals surface area contributed by atoms with Crippen molar-refractivity contribution < 1.29 is 33.0 Å². The molecule has 0 aromatic heterocycles. The summed E-state index contributed by atoms with van der Waals surface area (Å²) in [5, 5.41) is 19.3. The van der Waals surface area contributed by atoms with Gasteiger partial charge in [-0.05, 0) is 0 Å². The predicted octanol–water partition coefficient (Wildman–Crippen LogP) is 0.669. The van der Waals surface area contributed by atoms with E-state index in [2.05, 4.69) is 0 Å². The molecule has 0 aliphatic heterocycles. The number of carbonyl (C=O) groups excluding carboxylic acids is 1. The van der Waals surface area contributed by atoms with Crippen LogP contribution < -0.4 is 5.32 Å². The second-order valence-electron chi connectivity index (χ2n) is 3.64. The molecular formula is C11H10F3NO4. The number of carbonyl (C=O) groups is 2. The van der Waals surface area contributed by atoms with Crippen molar-refractivity contribution in [3.63, 3.8) is 0 Å². The van der Waals surface area contributed by atoms with Crippen LogP contribution in [0.4, 0.5) is 13.2 Å². The number of halogens is 3. The molecule has 1 aromatic rings. The fourth-order valence-corrected chi connectivity index (χ4v) is 1.29. The third kappa shape index (κ3) is 3.95. The molecule has 0 bridgehead atoms. The van der Waals surface area contributed by atoms with Crippen molar-refractivity contribution in [1.82, 2.24) is 5.32 Å². The minimum Gasteiger partial charge on any atom is -0.479 e. The fraction of sp³-hybridized carbons (Fsp3) is 0.273. The average molecular weight is 277 g/mol. The van der Waals surface area contributed by atoms with Crippen molar-refractivity contribution in [2.75, 3.05) is 6.54 Å². The highest BCUT2D eigenvalue weighted by atomic mass is 19.1. The molecule has 104 valence electrons. The van der Waals surface area contributed by atoms with Gasteiger partial charge in [0.25, 0.3) is 5.91 Å². The van der Waals surface area contributed by atoms with Crippen LogP contribution >= 0.6 is 0 Å². The van der Waals surface area contributed by atoms with Gasteiger partial charge in [-0.3, -0.25) is 4.79 Å². The summed E-state index contributed by atoms with van der Waals surface area (Å²) in [4.78, 5) is 21.7. The molecule has 0 aliphatic rings. The topological polar surface area (TPSA) is 86.6 Å². The number of aliphatic hydroxyl groups excluding tert-OH is 1. The van der Waals surface area contributed by atoms with E-state index in [-0.39, 0.29) is 13.0 Å². The predicted molar refractivity (Wildman–Crippen MR) is 56.9 cm³/mol. The summed E-state index contributed by atoms with van der Waals surface area (Å²) in [6.07, 6.45) is -2.02. The summed E-state index contributed by atoms with van der Waals surface area (Å²) in [5.74, 6) is -6.53. The van der Waals surface area contributed by atoms with Crippen LogP contribution in [0.25, 0.3) is 0 Å². The maximum Gasteiger partial charge on any atom is 0.332 e. The van der Waals surface area contributed by atoms with Gasteiger partial charge in [0, 0.05) is 25.1 Å². The lowest BCUT2D eigenvalue weighted by Gasteiger charge is -2.08. The maximum atomic E-state index is 13.2. The lowest BCUT2D eigenvalue weighted by molar-refractivity contribution is -0.146. The van der Waals surface area contributed by atoms with Crippen molar-refractivity contribution in [2.24, 2.45) is 0 Å². The van der Waals surface area contributed by atoms with E-state index < -0.39 is 41.0 Å². The third-order valence-electron chi connectivity index (χ3n) is 2.22. The molecule has 1 atom stereocenters. The molecule has 0 fully saturated rings. The lowest BCUT2D eigenvalue weighted by Crippen LogP contribution is -2.31. The fourth-order valence-electron chi connectivity index (χ4n) is 1.29. The molecule has 1 rings (SSSR count). The molecule has 19 heavy (non-hydrogen) atoms. The van der Waals surface area contributed by atoms with Gasteiger partial charge in [-0.1, -0.05) is 0 Å². The van der Waals surface area contributed by atoms with E-state index in [1.165, 1.54) is 0 Å². The Hall–Kier alpha value is -2.09. The number of carboxylic acid groups (broad SMARTS) is 1. The van der Waals surface area contributed by atoms with E-state index in [1.807, 2.05) is 5.32 Å². The zero-order valence-corrected chi connectivity index (χ0v) is 9.49. The Balaban J connectivity index is 2.67. The van der Waals surface area contributed by atoms with Gasteiger partial charge in [-0.15, -0.1) is 0 Å². The van der Waals surface area contributed by atoms with Crippen molar-refractivity contribution in [3.8, 4) is 0 Å². The monoisotopic (exact) mass is 277 g/mol. The Morgan fingerprint density at radius 3 is 2.21 bits per heavy atom. The lowest BCUT2D eigenvalue weighted by atomic mass is 10.1. The molecule has 0 aliphatic carbocycles. The highest BCUT2D eigenvalue weighted by Gasteiger charge is 2.19. The highest BCUT2D eigenvalue weighted by molar-refractivity contribution is 5.94. The Morgan fingerprint density at radius 2 is 1.74 bits per heavy atom. The molecule has 1 aromatic carbocycles. The van der Waals surface area contributed by atoms with E-state index >= 15 is 0 Å². The van der Waals surface area contributed by atoms with Crippen LogP contribution in [0.5, 0.6) is 0 Å². The van der Waals surface area contributed by atoms with Crippen LogP contribution in [-0.4, -0.2) is 34.7 Å². The van der Waals surface area contributed by atoms with Crippen molar-refractivity contribution in [2.45, 2.75) is 12.5 Å². The zero-order valence-electron chi connectivity index (χ0n) is 9.49. The standard InChI is InChI=1S/C11H10F3NO4/c12-5-3-6(13)9(7(14)4-5)10(17)15-2-1-8(16)11(18)19/h3-4,8,16H,1-2H2,(H,15,17)(H,18,19)/t8-/m0/s1. The maximum absolute atomic E-state index is 13.2. The summed E-state index contributed by atoms with van der Waals surface area (Å²) in [7, 11) is 0. The molecule has 0 saturated carbocycles. The van der Waals surface area contributed by atoms with E-state index in [4.69, 9.17) is 10.2 Å². The molecule has 5 nitrogen and oxygen atoms in total. The largest absolute Gasteiger partial charge is 0.479 e. The van der Waals surface area contributed by atoms with Gasteiger partial charge in [0.15, 0.2) is 6.10 Å². The Bertz CT molecular complexity index is 484. The van der Waals surface area contributed by atoms with Gasteiger partial charge in [0.2, 0.25) is 0 Å². The van der Waals surface area contributed by atoms with E-state index in [0.29, 0.717) is 12.1 Å². The quantitative estimate of drug-likeness (QED) is 0.738. The minimum atomic E-state index is -1.69. The van der Waals surface area contributed by atoms with Crippen molar-refractivity contribution in [3.05, 3.63) is 35.1 Å². The molecule has 8 heteroatoms. The van der Waals surface area contributed by atoms with Crippen LogP contribution in [0.15, 0.2) is 12.1 Å².